The van der Waals surface area contributed by atoms with Gasteiger partial charge in [-0.05, 0) is 26.0 Å². The van der Waals surface area contributed by atoms with E-state index in [-0.39, 0.29) is 6.10 Å². The van der Waals surface area contributed by atoms with Crippen molar-refractivity contribution in [3.8, 4) is 17.1 Å². The van der Waals surface area contributed by atoms with Gasteiger partial charge >= 0.3 is 0 Å². The van der Waals surface area contributed by atoms with Crippen LogP contribution in [0.2, 0.25) is 0 Å². The van der Waals surface area contributed by atoms with E-state index in [0.717, 1.165) is 17.0 Å². The Bertz CT molecular complexity index is 602. The number of hydrogen-bond donors (Lipinski definition) is 2. The fraction of sp³-hybridized carbons (Fsp3) is 0.333. The molecule has 0 aliphatic heterocycles. The molecule has 6 nitrogen and oxygen atoms in total. The maximum atomic E-state index is 5.69. The minimum Gasteiger partial charge on any atom is -0.491 e. The SMILES string of the molecule is COCc1cc(NN)nc(-c2cccc(OC(C)C)c2)n1. The quantitative estimate of drug-likeness (QED) is 0.627. The molecule has 1 heterocycles. The van der Waals surface area contributed by atoms with Crippen LogP contribution in [-0.4, -0.2) is 23.2 Å². The van der Waals surface area contributed by atoms with Gasteiger partial charge in [-0.1, -0.05) is 12.1 Å². The Labute approximate surface area is 124 Å². The topological polar surface area (TPSA) is 82.3 Å². The number of methoxy groups -OCH3 is 1. The lowest BCUT2D eigenvalue weighted by Crippen LogP contribution is -2.11. The molecule has 0 radical (unpaired) electrons. The number of hydrazine groups is 1. The Kier molecular flexibility index (Phi) is 5.08. The van der Waals surface area contributed by atoms with Crippen molar-refractivity contribution >= 4 is 5.82 Å². The average Bonchev–Trinajstić information content (AvgIpc) is 2.47. The van der Waals surface area contributed by atoms with Crippen LogP contribution in [0, 0.1) is 0 Å². The number of aromatic nitrogens is 2. The largest absolute Gasteiger partial charge is 0.491 e. The van der Waals surface area contributed by atoms with Crippen LogP contribution < -0.4 is 16.0 Å². The lowest BCUT2D eigenvalue weighted by Gasteiger charge is -2.11. The van der Waals surface area contributed by atoms with Crippen molar-refractivity contribution < 1.29 is 9.47 Å². The lowest BCUT2D eigenvalue weighted by molar-refractivity contribution is 0.181. The van der Waals surface area contributed by atoms with E-state index in [1.165, 1.54) is 0 Å². The van der Waals surface area contributed by atoms with Gasteiger partial charge in [-0.25, -0.2) is 15.8 Å². The summed E-state index contributed by atoms with van der Waals surface area (Å²) < 4.78 is 10.8. The molecule has 6 heteroatoms. The van der Waals surface area contributed by atoms with Crippen molar-refractivity contribution in [3.63, 3.8) is 0 Å². The average molecular weight is 288 g/mol. The van der Waals surface area contributed by atoms with Gasteiger partial charge in [-0.15, -0.1) is 0 Å². The lowest BCUT2D eigenvalue weighted by atomic mass is 10.2. The summed E-state index contributed by atoms with van der Waals surface area (Å²) in [5, 5.41) is 0. The molecule has 0 amide bonds. The van der Waals surface area contributed by atoms with Crippen LogP contribution in [0.25, 0.3) is 11.4 Å². The summed E-state index contributed by atoms with van der Waals surface area (Å²) in [6.45, 7) is 4.37. The number of rotatable bonds is 6. The van der Waals surface area contributed by atoms with Gasteiger partial charge in [-0.3, -0.25) is 0 Å². The highest BCUT2D eigenvalue weighted by molar-refractivity contribution is 5.59. The molecule has 21 heavy (non-hydrogen) atoms. The van der Waals surface area contributed by atoms with Gasteiger partial charge in [-0.2, -0.15) is 0 Å². The minimum atomic E-state index is 0.113. The first-order valence-electron chi connectivity index (χ1n) is 6.73. The highest BCUT2D eigenvalue weighted by Crippen LogP contribution is 2.23. The Morgan fingerprint density at radius 1 is 1.24 bits per heavy atom. The molecule has 2 aromatic rings. The molecule has 0 saturated heterocycles. The van der Waals surface area contributed by atoms with Crippen LogP contribution in [0.3, 0.4) is 0 Å². The molecular weight excluding hydrogens is 268 g/mol. The monoisotopic (exact) mass is 288 g/mol. The van der Waals surface area contributed by atoms with Crippen LogP contribution in [0.5, 0.6) is 5.75 Å². The second kappa shape index (κ2) is 7.01. The molecule has 0 atom stereocenters. The molecule has 0 aliphatic carbocycles. The first-order valence-corrected chi connectivity index (χ1v) is 6.73. The van der Waals surface area contributed by atoms with E-state index in [0.29, 0.717) is 18.2 Å². The van der Waals surface area contributed by atoms with E-state index in [9.17, 15) is 0 Å². The molecule has 112 valence electrons. The van der Waals surface area contributed by atoms with Gasteiger partial charge in [0, 0.05) is 18.7 Å². The molecule has 0 spiro atoms. The maximum Gasteiger partial charge on any atom is 0.162 e. The number of hydrogen-bond acceptors (Lipinski definition) is 6. The van der Waals surface area contributed by atoms with Crippen LogP contribution in [0.4, 0.5) is 5.82 Å². The third-order valence-electron chi connectivity index (χ3n) is 2.68. The van der Waals surface area contributed by atoms with Crippen molar-refractivity contribution in [1.82, 2.24) is 9.97 Å². The Balaban J connectivity index is 2.38. The van der Waals surface area contributed by atoms with Crippen molar-refractivity contribution in [3.05, 3.63) is 36.0 Å². The van der Waals surface area contributed by atoms with E-state index in [2.05, 4.69) is 15.4 Å². The predicted molar refractivity (Wildman–Crippen MR) is 81.8 cm³/mol. The number of ether oxygens (including phenoxy) is 2. The van der Waals surface area contributed by atoms with Gasteiger partial charge in [0.25, 0.3) is 0 Å². The molecule has 1 aromatic heterocycles. The van der Waals surface area contributed by atoms with Crippen molar-refractivity contribution in [2.75, 3.05) is 12.5 Å². The smallest absolute Gasteiger partial charge is 0.162 e. The molecular formula is C15H20N4O2. The molecule has 0 aliphatic rings. The van der Waals surface area contributed by atoms with Crippen LogP contribution >= 0.6 is 0 Å². The zero-order valence-electron chi connectivity index (χ0n) is 12.5. The Morgan fingerprint density at radius 3 is 2.71 bits per heavy atom. The number of nitrogen functional groups attached to an aromatic ring is 1. The molecule has 0 saturated carbocycles. The van der Waals surface area contributed by atoms with E-state index in [1.807, 2.05) is 38.1 Å². The van der Waals surface area contributed by atoms with E-state index >= 15 is 0 Å². The fourth-order valence-electron chi connectivity index (χ4n) is 1.90. The second-order valence-electron chi connectivity index (χ2n) is 4.84. The van der Waals surface area contributed by atoms with Crippen molar-refractivity contribution in [1.29, 1.82) is 0 Å². The third-order valence-corrected chi connectivity index (χ3v) is 2.68. The normalized spacial score (nSPS) is 10.7. The number of nitrogens with one attached hydrogen (secondary N) is 1. The summed E-state index contributed by atoms with van der Waals surface area (Å²) >= 11 is 0. The molecule has 2 rings (SSSR count). The molecule has 0 unspecified atom stereocenters. The van der Waals surface area contributed by atoms with Gasteiger partial charge < -0.3 is 14.9 Å². The first-order chi connectivity index (χ1) is 10.1. The predicted octanol–water partition coefficient (Wildman–Crippen LogP) is 2.36. The van der Waals surface area contributed by atoms with Gasteiger partial charge in [0.05, 0.1) is 18.4 Å². The number of nitrogens with two attached hydrogens (primary N) is 1. The zero-order chi connectivity index (χ0) is 15.2. The second-order valence-corrected chi connectivity index (χ2v) is 4.84. The maximum absolute atomic E-state index is 5.69. The molecule has 3 N–H and O–H groups in total. The third kappa shape index (κ3) is 4.14. The minimum absolute atomic E-state index is 0.113. The van der Waals surface area contributed by atoms with Gasteiger partial charge in [0.15, 0.2) is 5.82 Å². The molecule has 1 aromatic carbocycles. The summed E-state index contributed by atoms with van der Waals surface area (Å²) in [6.07, 6.45) is 0.113. The Hall–Kier alpha value is -2.18. The van der Waals surface area contributed by atoms with Gasteiger partial charge in [0.2, 0.25) is 0 Å². The molecule has 0 fully saturated rings. The first kappa shape index (κ1) is 15.2. The highest BCUT2D eigenvalue weighted by Gasteiger charge is 2.08. The van der Waals surface area contributed by atoms with E-state index in [4.69, 9.17) is 15.3 Å². The summed E-state index contributed by atoms with van der Waals surface area (Å²) in [4.78, 5) is 8.84. The summed E-state index contributed by atoms with van der Waals surface area (Å²) in [6, 6.07) is 9.41. The fourth-order valence-corrected chi connectivity index (χ4v) is 1.90. The van der Waals surface area contributed by atoms with E-state index < -0.39 is 0 Å². The summed E-state index contributed by atoms with van der Waals surface area (Å²) in [5.74, 6) is 7.35. The van der Waals surface area contributed by atoms with Gasteiger partial charge in [0.1, 0.15) is 11.6 Å². The highest BCUT2D eigenvalue weighted by atomic mass is 16.5. The summed E-state index contributed by atoms with van der Waals surface area (Å²) in [5.41, 5.74) is 4.16. The number of benzene rings is 1. The summed E-state index contributed by atoms with van der Waals surface area (Å²) in [7, 11) is 1.62. The van der Waals surface area contributed by atoms with Crippen LogP contribution in [0.1, 0.15) is 19.5 Å². The van der Waals surface area contributed by atoms with Crippen LogP contribution in [0.15, 0.2) is 30.3 Å². The standard InChI is InChI=1S/C15H20N4O2/c1-10(2)21-13-6-4-5-11(7-13)15-17-12(9-20-3)8-14(18-15)19-16/h4-8,10H,9,16H2,1-3H3,(H,17,18,19). The Morgan fingerprint density at radius 2 is 2.05 bits per heavy atom. The zero-order valence-corrected chi connectivity index (χ0v) is 12.5. The van der Waals surface area contributed by atoms with E-state index in [1.54, 1.807) is 13.2 Å². The van der Waals surface area contributed by atoms with Crippen molar-refractivity contribution in [2.24, 2.45) is 5.84 Å². The van der Waals surface area contributed by atoms with Crippen LogP contribution in [-0.2, 0) is 11.3 Å². The molecule has 0 bridgehead atoms. The number of anilines is 1. The van der Waals surface area contributed by atoms with Crippen molar-refractivity contribution in [2.45, 2.75) is 26.6 Å². The number of nitrogens with zero attached hydrogens (tertiary/aromatic N) is 2.